The van der Waals surface area contributed by atoms with Crippen molar-refractivity contribution in [1.29, 1.82) is 0 Å². The largest absolute Gasteiger partial charge is 0.381 e. The molecule has 2 amide bonds. The maximum Gasteiger partial charge on any atom is 0.258 e. The van der Waals surface area contributed by atoms with Gasteiger partial charge in [-0.25, -0.2) is 0 Å². The molecule has 5 nitrogen and oxygen atoms in total. The predicted molar refractivity (Wildman–Crippen MR) is 106 cm³/mol. The van der Waals surface area contributed by atoms with Crippen LogP contribution in [0.2, 0.25) is 0 Å². The van der Waals surface area contributed by atoms with Gasteiger partial charge in [-0.15, -0.1) is 11.3 Å². The molecule has 0 saturated carbocycles. The normalized spacial score (nSPS) is 19.2. The summed E-state index contributed by atoms with van der Waals surface area (Å²) in [7, 11) is 0. The number of piperidine rings is 1. The smallest absolute Gasteiger partial charge is 0.258 e. The molecule has 0 bridgehead atoms. The molecule has 1 spiro atoms. The standard InChI is InChI=1S/C21H24N2O3S/c22-19(24)18-12-17(13-27-18)15-3-1-4-16(11-15)20(25)23-8-2-5-21(14-23)6-9-26-10-7-21/h1,3-4,11-13H,2,5-10,14H2,(H2,22,24). The molecule has 3 heterocycles. The number of carbonyl (C=O) groups excluding carboxylic acids is 2. The number of hydrogen-bond acceptors (Lipinski definition) is 4. The van der Waals surface area contributed by atoms with Gasteiger partial charge in [0.25, 0.3) is 11.8 Å². The Morgan fingerprint density at radius 1 is 1.11 bits per heavy atom. The minimum atomic E-state index is -0.423. The van der Waals surface area contributed by atoms with E-state index in [0.29, 0.717) is 10.4 Å². The Labute approximate surface area is 163 Å². The molecule has 0 aliphatic carbocycles. The fraction of sp³-hybridized carbons (Fsp3) is 0.429. The van der Waals surface area contributed by atoms with Gasteiger partial charge in [0.15, 0.2) is 0 Å². The van der Waals surface area contributed by atoms with Crippen molar-refractivity contribution in [3.8, 4) is 11.1 Å². The Morgan fingerprint density at radius 2 is 1.93 bits per heavy atom. The number of benzene rings is 1. The van der Waals surface area contributed by atoms with Gasteiger partial charge in [-0.1, -0.05) is 12.1 Å². The van der Waals surface area contributed by atoms with Gasteiger partial charge in [-0.2, -0.15) is 0 Å². The van der Waals surface area contributed by atoms with E-state index in [2.05, 4.69) is 0 Å². The average molecular weight is 385 g/mol. The van der Waals surface area contributed by atoms with E-state index in [1.54, 1.807) is 6.07 Å². The Morgan fingerprint density at radius 3 is 2.67 bits per heavy atom. The Bertz CT molecular complexity index is 849. The first kappa shape index (κ1) is 18.2. The second kappa shape index (κ2) is 7.44. The second-order valence-corrected chi connectivity index (χ2v) is 8.50. The van der Waals surface area contributed by atoms with E-state index in [1.807, 2.05) is 34.5 Å². The zero-order valence-electron chi connectivity index (χ0n) is 15.3. The summed E-state index contributed by atoms with van der Waals surface area (Å²) in [4.78, 5) is 27.0. The molecule has 6 heteroatoms. The molecule has 142 valence electrons. The van der Waals surface area contributed by atoms with Crippen molar-refractivity contribution in [1.82, 2.24) is 4.90 Å². The number of amides is 2. The number of rotatable bonds is 3. The lowest BCUT2D eigenvalue weighted by Gasteiger charge is -2.45. The van der Waals surface area contributed by atoms with Gasteiger partial charge in [0.2, 0.25) is 0 Å². The lowest BCUT2D eigenvalue weighted by atomic mass is 9.74. The van der Waals surface area contributed by atoms with Crippen LogP contribution in [0.1, 0.15) is 45.7 Å². The lowest BCUT2D eigenvalue weighted by Crippen LogP contribution is -2.48. The van der Waals surface area contributed by atoms with Crippen molar-refractivity contribution in [2.75, 3.05) is 26.3 Å². The molecule has 2 aliphatic rings. The van der Waals surface area contributed by atoms with E-state index in [1.165, 1.54) is 17.8 Å². The fourth-order valence-electron chi connectivity index (χ4n) is 4.22. The summed E-state index contributed by atoms with van der Waals surface area (Å²) >= 11 is 1.33. The van der Waals surface area contributed by atoms with Crippen molar-refractivity contribution < 1.29 is 14.3 Å². The number of nitrogens with zero attached hydrogens (tertiary/aromatic N) is 1. The van der Waals surface area contributed by atoms with E-state index in [0.717, 1.165) is 56.7 Å². The van der Waals surface area contributed by atoms with Crippen LogP contribution in [0.4, 0.5) is 0 Å². The van der Waals surface area contributed by atoms with Crippen LogP contribution in [0.3, 0.4) is 0 Å². The topological polar surface area (TPSA) is 72.6 Å². The summed E-state index contributed by atoms with van der Waals surface area (Å²) < 4.78 is 5.53. The minimum Gasteiger partial charge on any atom is -0.381 e. The SMILES string of the molecule is NC(=O)c1cc(-c2cccc(C(=O)N3CCCC4(CCOCC4)C3)c2)cs1. The molecule has 2 saturated heterocycles. The first-order valence-electron chi connectivity index (χ1n) is 9.42. The van der Waals surface area contributed by atoms with Crippen molar-refractivity contribution in [2.45, 2.75) is 25.7 Å². The van der Waals surface area contributed by atoms with E-state index >= 15 is 0 Å². The third-order valence-electron chi connectivity index (χ3n) is 5.79. The van der Waals surface area contributed by atoms with Crippen molar-refractivity contribution in [2.24, 2.45) is 11.1 Å². The first-order valence-corrected chi connectivity index (χ1v) is 10.3. The summed E-state index contributed by atoms with van der Waals surface area (Å²) in [5, 5.41) is 1.90. The van der Waals surface area contributed by atoms with Gasteiger partial charge in [-0.05, 0) is 65.8 Å². The van der Waals surface area contributed by atoms with Crippen LogP contribution in [-0.2, 0) is 4.74 Å². The quantitative estimate of drug-likeness (QED) is 0.880. The molecule has 2 fully saturated rings. The van der Waals surface area contributed by atoms with Crippen LogP contribution >= 0.6 is 11.3 Å². The average Bonchev–Trinajstić information content (AvgIpc) is 3.19. The maximum absolute atomic E-state index is 13.1. The number of hydrogen-bond donors (Lipinski definition) is 1. The van der Waals surface area contributed by atoms with Gasteiger partial charge in [0.05, 0.1) is 4.88 Å². The number of ether oxygens (including phenoxy) is 1. The fourth-order valence-corrected chi connectivity index (χ4v) is 4.99. The van der Waals surface area contributed by atoms with Gasteiger partial charge >= 0.3 is 0 Å². The summed E-state index contributed by atoms with van der Waals surface area (Å²) in [5.41, 5.74) is 8.13. The Hall–Kier alpha value is -2.18. The monoisotopic (exact) mass is 384 g/mol. The highest BCUT2D eigenvalue weighted by molar-refractivity contribution is 7.12. The molecule has 0 radical (unpaired) electrons. The highest BCUT2D eigenvalue weighted by atomic mass is 32.1. The molecule has 1 aromatic heterocycles. The molecule has 2 N–H and O–H groups in total. The number of primary amides is 1. The Balaban J connectivity index is 1.54. The van der Waals surface area contributed by atoms with Crippen LogP contribution in [-0.4, -0.2) is 43.0 Å². The summed E-state index contributed by atoms with van der Waals surface area (Å²) in [6.45, 7) is 3.25. The van der Waals surface area contributed by atoms with Crippen LogP contribution in [0.5, 0.6) is 0 Å². The highest BCUT2D eigenvalue weighted by Crippen LogP contribution is 2.39. The summed E-state index contributed by atoms with van der Waals surface area (Å²) in [5.74, 6) is -0.332. The summed E-state index contributed by atoms with van der Waals surface area (Å²) in [6, 6.07) is 9.44. The van der Waals surface area contributed by atoms with Crippen LogP contribution in [0.25, 0.3) is 11.1 Å². The van der Waals surface area contributed by atoms with Crippen molar-refractivity contribution in [3.63, 3.8) is 0 Å². The van der Waals surface area contributed by atoms with E-state index in [4.69, 9.17) is 10.5 Å². The van der Waals surface area contributed by atoms with Gasteiger partial charge in [0, 0.05) is 31.9 Å². The number of carbonyl (C=O) groups is 2. The van der Waals surface area contributed by atoms with Gasteiger partial charge in [-0.3, -0.25) is 9.59 Å². The number of likely N-dealkylation sites (tertiary alicyclic amines) is 1. The predicted octanol–water partition coefficient (Wildman–Crippen LogP) is 3.55. The zero-order chi connectivity index (χ0) is 18.9. The Kier molecular flexibility index (Phi) is 5.02. The molecule has 1 aromatic carbocycles. The van der Waals surface area contributed by atoms with Crippen LogP contribution in [0.15, 0.2) is 35.7 Å². The van der Waals surface area contributed by atoms with Crippen molar-refractivity contribution in [3.05, 3.63) is 46.2 Å². The molecule has 2 aliphatic heterocycles. The first-order chi connectivity index (χ1) is 13.1. The van der Waals surface area contributed by atoms with E-state index in [9.17, 15) is 9.59 Å². The van der Waals surface area contributed by atoms with E-state index in [-0.39, 0.29) is 11.3 Å². The zero-order valence-corrected chi connectivity index (χ0v) is 16.1. The molecular formula is C21H24N2O3S. The lowest BCUT2D eigenvalue weighted by molar-refractivity contribution is -0.0229. The summed E-state index contributed by atoms with van der Waals surface area (Å²) in [6.07, 6.45) is 4.33. The van der Waals surface area contributed by atoms with Gasteiger partial charge in [0.1, 0.15) is 0 Å². The maximum atomic E-state index is 13.1. The molecular weight excluding hydrogens is 360 g/mol. The number of nitrogens with two attached hydrogens (primary N) is 1. The highest BCUT2D eigenvalue weighted by Gasteiger charge is 2.38. The minimum absolute atomic E-state index is 0.0905. The molecule has 2 aromatic rings. The number of thiophene rings is 1. The van der Waals surface area contributed by atoms with Crippen LogP contribution < -0.4 is 5.73 Å². The molecule has 27 heavy (non-hydrogen) atoms. The third kappa shape index (κ3) is 3.77. The van der Waals surface area contributed by atoms with E-state index < -0.39 is 5.91 Å². The molecule has 0 atom stereocenters. The molecule has 0 unspecified atom stereocenters. The van der Waals surface area contributed by atoms with Crippen LogP contribution in [0, 0.1) is 5.41 Å². The third-order valence-corrected chi connectivity index (χ3v) is 6.73. The second-order valence-electron chi connectivity index (χ2n) is 7.59. The van der Waals surface area contributed by atoms with Gasteiger partial charge < -0.3 is 15.4 Å². The molecule has 4 rings (SSSR count). The van der Waals surface area contributed by atoms with Crippen molar-refractivity contribution >= 4 is 23.2 Å².